The molecule has 2 N–H and O–H groups in total. The second kappa shape index (κ2) is 6.69. The number of benzene rings is 1. The van der Waals surface area contributed by atoms with Crippen LogP contribution in [0.15, 0.2) is 36.5 Å². The molecule has 0 spiro atoms. The van der Waals surface area contributed by atoms with E-state index in [0.29, 0.717) is 6.54 Å². The van der Waals surface area contributed by atoms with E-state index in [-0.39, 0.29) is 5.41 Å². The number of aromatic nitrogens is 2. The standard InChI is InChI=1S/C20H29N3O/c1-19(2,3)18-17(12-21-15-20(24)10-7-11-20)14-23(22-18)13-16-8-5-4-6-9-16/h4-6,8-9,14,21,24H,7,10-13,15H2,1-3H3. The maximum atomic E-state index is 10.2. The topological polar surface area (TPSA) is 50.1 Å². The maximum absolute atomic E-state index is 10.2. The van der Waals surface area contributed by atoms with Gasteiger partial charge >= 0.3 is 0 Å². The number of hydrogen-bond donors (Lipinski definition) is 2. The molecule has 2 aromatic rings. The zero-order valence-electron chi connectivity index (χ0n) is 15.0. The molecule has 0 aliphatic heterocycles. The Bertz CT molecular complexity index is 666. The van der Waals surface area contributed by atoms with E-state index in [1.807, 2.05) is 10.7 Å². The van der Waals surface area contributed by atoms with E-state index in [1.54, 1.807) is 0 Å². The van der Waals surface area contributed by atoms with Crippen molar-refractivity contribution < 1.29 is 5.11 Å². The van der Waals surface area contributed by atoms with Crippen molar-refractivity contribution in [3.05, 3.63) is 53.3 Å². The van der Waals surface area contributed by atoms with Crippen LogP contribution in [0.25, 0.3) is 0 Å². The molecule has 4 nitrogen and oxygen atoms in total. The van der Waals surface area contributed by atoms with Gasteiger partial charge in [-0.2, -0.15) is 5.10 Å². The molecule has 0 bridgehead atoms. The Morgan fingerprint density at radius 1 is 1.21 bits per heavy atom. The molecule has 1 aliphatic carbocycles. The van der Waals surface area contributed by atoms with Gasteiger partial charge in [0.25, 0.3) is 0 Å². The predicted octanol–water partition coefficient (Wildman–Crippen LogP) is 3.23. The van der Waals surface area contributed by atoms with E-state index in [9.17, 15) is 5.11 Å². The first-order chi connectivity index (χ1) is 11.4. The molecular formula is C20H29N3O. The molecule has 0 unspecified atom stereocenters. The van der Waals surface area contributed by atoms with Crippen molar-refractivity contribution in [3.63, 3.8) is 0 Å². The first-order valence-electron chi connectivity index (χ1n) is 8.90. The summed E-state index contributed by atoms with van der Waals surface area (Å²) in [6.07, 6.45) is 5.12. The summed E-state index contributed by atoms with van der Waals surface area (Å²) in [5.74, 6) is 0. The van der Waals surface area contributed by atoms with Crippen LogP contribution in [0.3, 0.4) is 0 Å². The van der Waals surface area contributed by atoms with Gasteiger partial charge in [0.15, 0.2) is 0 Å². The quantitative estimate of drug-likeness (QED) is 0.856. The van der Waals surface area contributed by atoms with Crippen LogP contribution >= 0.6 is 0 Å². The summed E-state index contributed by atoms with van der Waals surface area (Å²) in [5, 5.41) is 18.5. The third kappa shape index (κ3) is 4.05. The van der Waals surface area contributed by atoms with Gasteiger partial charge in [-0.15, -0.1) is 0 Å². The molecule has 1 saturated carbocycles. The minimum Gasteiger partial charge on any atom is -0.389 e. The van der Waals surface area contributed by atoms with Crippen molar-refractivity contribution in [2.45, 2.75) is 64.1 Å². The van der Waals surface area contributed by atoms with Gasteiger partial charge in [0, 0.05) is 30.3 Å². The van der Waals surface area contributed by atoms with Crippen LogP contribution in [-0.4, -0.2) is 27.0 Å². The lowest BCUT2D eigenvalue weighted by molar-refractivity contribution is -0.0314. The number of nitrogens with one attached hydrogen (secondary N) is 1. The van der Waals surface area contributed by atoms with Crippen LogP contribution in [0, 0.1) is 0 Å². The highest BCUT2D eigenvalue weighted by molar-refractivity contribution is 5.25. The van der Waals surface area contributed by atoms with Gasteiger partial charge in [0.2, 0.25) is 0 Å². The molecule has 0 amide bonds. The molecule has 1 fully saturated rings. The highest BCUT2D eigenvalue weighted by atomic mass is 16.3. The first kappa shape index (κ1) is 17.2. The van der Waals surface area contributed by atoms with Gasteiger partial charge in [-0.25, -0.2) is 0 Å². The summed E-state index contributed by atoms with van der Waals surface area (Å²) in [7, 11) is 0. The highest BCUT2D eigenvalue weighted by Crippen LogP contribution is 2.31. The summed E-state index contributed by atoms with van der Waals surface area (Å²) in [6.45, 7) is 8.81. The van der Waals surface area contributed by atoms with Crippen LogP contribution in [0.1, 0.15) is 56.9 Å². The van der Waals surface area contributed by atoms with Crippen LogP contribution in [0.4, 0.5) is 0 Å². The zero-order chi connectivity index (χ0) is 17.2. The zero-order valence-corrected chi connectivity index (χ0v) is 15.0. The lowest BCUT2D eigenvalue weighted by Gasteiger charge is -2.36. The molecule has 0 atom stereocenters. The summed E-state index contributed by atoms with van der Waals surface area (Å²) < 4.78 is 2.03. The van der Waals surface area contributed by atoms with Crippen molar-refractivity contribution in [1.82, 2.24) is 15.1 Å². The second-order valence-corrected chi connectivity index (χ2v) is 8.12. The molecule has 24 heavy (non-hydrogen) atoms. The summed E-state index contributed by atoms with van der Waals surface area (Å²) >= 11 is 0. The normalized spacial score (nSPS) is 16.8. The van der Waals surface area contributed by atoms with Crippen molar-refractivity contribution in [2.75, 3.05) is 6.54 Å². The van der Waals surface area contributed by atoms with E-state index in [1.165, 1.54) is 11.1 Å². The monoisotopic (exact) mass is 327 g/mol. The lowest BCUT2D eigenvalue weighted by atomic mass is 9.80. The number of hydrogen-bond acceptors (Lipinski definition) is 3. The van der Waals surface area contributed by atoms with Gasteiger partial charge in [0.1, 0.15) is 0 Å². The molecule has 1 aromatic carbocycles. The van der Waals surface area contributed by atoms with E-state index in [2.05, 4.69) is 56.6 Å². The van der Waals surface area contributed by atoms with Gasteiger partial charge in [-0.1, -0.05) is 51.1 Å². The molecule has 0 saturated heterocycles. The SMILES string of the molecule is CC(C)(C)c1nn(Cc2ccccc2)cc1CNCC1(O)CCC1. The third-order valence-electron chi connectivity index (χ3n) is 4.79. The fourth-order valence-corrected chi connectivity index (χ4v) is 3.27. The fourth-order valence-electron chi connectivity index (χ4n) is 3.27. The van der Waals surface area contributed by atoms with Crippen molar-refractivity contribution in [1.29, 1.82) is 0 Å². The Kier molecular flexibility index (Phi) is 4.79. The Morgan fingerprint density at radius 2 is 1.92 bits per heavy atom. The summed E-state index contributed by atoms with van der Waals surface area (Å²) in [6, 6.07) is 10.4. The molecule has 1 aliphatic rings. The Balaban J connectivity index is 1.71. The average Bonchev–Trinajstić information content (AvgIpc) is 2.89. The highest BCUT2D eigenvalue weighted by Gasteiger charge is 2.33. The van der Waals surface area contributed by atoms with Crippen LogP contribution in [-0.2, 0) is 18.5 Å². The number of aliphatic hydroxyl groups is 1. The molecule has 0 radical (unpaired) electrons. The molecule has 3 rings (SSSR count). The van der Waals surface area contributed by atoms with E-state index >= 15 is 0 Å². The first-order valence-corrected chi connectivity index (χ1v) is 8.90. The summed E-state index contributed by atoms with van der Waals surface area (Å²) in [4.78, 5) is 0. The Labute approximate surface area is 144 Å². The summed E-state index contributed by atoms with van der Waals surface area (Å²) in [5.41, 5.74) is 3.13. The lowest BCUT2D eigenvalue weighted by Crippen LogP contribution is -2.46. The van der Waals surface area contributed by atoms with Gasteiger partial charge in [0.05, 0.1) is 17.8 Å². The third-order valence-corrected chi connectivity index (χ3v) is 4.79. The predicted molar refractivity (Wildman–Crippen MR) is 97.0 cm³/mol. The van der Waals surface area contributed by atoms with E-state index in [4.69, 9.17) is 5.10 Å². The van der Waals surface area contributed by atoms with E-state index < -0.39 is 5.60 Å². The smallest absolute Gasteiger partial charge is 0.0771 e. The number of nitrogens with zero attached hydrogens (tertiary/aromatic N) is 2. The van der Waals surface area contributed by atoms with Crippen molar-refractivity contribution in [2.24, 2.45) is 0 Å². The van der Waals surface area contributed by atoms with Crippen LogP contribution in [0.2, 0.25) is 0 Å². The van der Waals surface area contributed by atoms with Crippen LogP contribution in [0.5, 0.6) is 0 Å². The minimum atomic E-state index is -0.484. The van der Waals surface area contributed by atoms with Crippen LogP contribution < -0.4 is 5.32 Å². The fraction of sp³-hybridized carbons (Fsp3) is 0.550. The number of rotatable bonds is 6. The Hall–Kier alpha value is -1.65. The van der Waals surface area contributed by atoms with Gasteiger partial charge in [-0.3, -0.25) is 4.68 Å². The van der Waals surface area contributed by atoms with Crippen molar-refractivity contribution in [3.8, 4) is 0 Å². The molecule has 130 valence electrons. The molecular weight excluding hydrogens is 298 g/mol. The molecule has 1 aromatic heterocycles. The maximum Gasteiger partial charge on any atom is 0.0771 e. The Morgan fingerprint density at radius 3 is 2.50 bits per heavy atom. The molecule has 4 heteroatoms. The van der Waals surface area contributed by atoms with Gasteiger partial charge < -0.3 is 10.4 Å². The minimum absolute atomic E-state index is 0.00627. The second-order valence-electron chi connectivity index (χ2n) is 8.12. The van der Waals surface area contributed by atoms with Gasteiger partial charge in [-0.05, 0) is 24.8 Å². The molecule has 1 heterocycles. The van der Waals surface area contributed by atoms with Crippen molar-refractivity contribution >= 4 is 0 Å². The average molecular weight is 327 g/mol. The largest absolute Gasteiger partial charge is 0.389 e. The van der Waals surface area contributed by atoms with E-state index in [0.717, 1.165) is 38.0 Å².